The summed E-state index contributed by atoms with van der Waals surface area (Å²) in [6.07, 6.45) is 5.77. The fraction of sp³-hybridized carbons (Fsp3) is 0.607. The third-order valence-corrected chi connectivity index (χ3v) is 5.22. The fourth-order valence-electron chi connectivity index (χ4n) is 2.81. The molecule has 0 radical (unpaired) electrons. The van der Waals surface area contributed by atoms with Gasteiger partial charge in [0.15, 0.2) is 0 Å². The molecule has 0 atom stereocenters. The molecule has 0 spiro atoms. The van der Waals surface area contributed by atoms with E-state index in [0.717, 1.165) is 24.3 Å². The van der Waals surface area contributed by atoms with Gasteiger partial charge in [-0.25, -0.2) is 4.90 Å². The van der Waals surface area contributed by atoms with Crippen molar-refractivity contribution in [2.45, 2.75) is 73.3 Å². The third-order valence-electron chi connectivity index (χ3n) is 5.22. The summed E-state index contributed by atoms with van der Waals surface area (Å²) in [4.78, 5) is 35.5. The molecule has 1 aromatic carbocycles. The predicted molar refractivity (Wildman–Crippen MR) is 144 cm³/mol. The third kappa shape index (κ3) is 13.0. The number of imide groups is 1. The molecule has 3 amide bonds. The molecule has 2 rings (SSSR count). The van der Waals surface area contributed by atoms with E-state index in [0.29, 0.717) is 30.4 Å². The standard InChI is InChI=1S/C13H12N2O4.C12H26O2.C3H8/c16-8-7-14-13(19)9-1-3-10(4-2-9)15-11(17)5-6-12(15)18;1-6-12(5,7-2)14-9-8-13-10-11(3)4;1-3-2/h1-6,16H,7-8H2,(H,14,19);11H,6-10H2,1-5H3;3H2,1-2H3. The van der Waals surface area contributed by atoms with Crippen LogP contribution in [0, 0.1) is 5.92 Å². The second-order valence-electron chi connectivity index (χ2n) is 9.05. The summed E-state index contributed by atoms with van der Waals surface area (Å²) in [5, 5.41) is 11.1. The number of anilines is 1. The normalized spacial score (nSPS) is 12.8. The quantitative estimate of drug-likeness (QED) is 0.319. The van der Waals surface area contributed by atoms with Gasteiger partial charge >= 0.3 is 0 Å². The first-order valence-corrected chi connectivity index (χ1v) is 12.9. The number of aliphatic hydroxyl groups excluding tert-OH is 1. The largest absolute Gasteiger partial charge is 0.395 e. The number of benzene rings is 1. The zero-order chi connectivity index (χ0) is 27.6. The van der Waals surface area contributed by atoms with E-state index in [1.54, 1.807) is 0 Å². The highest BCUT2D eigenvalue weighted by Crippen LogP contribution is 2.20. The minimum absolute atomic E-state index is 0.0428. The zero-order valence-electron chi connectivity index (χ0n) is 23.1. The minimum atomic E-state index is -0.400. The highest BCUT2D eigenvalue weighted by Gasteiger charge is 2.25. The van der Waals surface area contributed by atoms with Crippen LogP contribution in [0.5, 0.6) is 0 Å². The average molecular weight is 507 g/mol. The van der Waals surface area contributed by atoms with Gasteiger partial charge in [0, 0.05) is 30.9 Å². The number of rotatable bonds is 12. The molecule has 2 N–H and O–H groups in total. The summed E-state index contributed by atoms with van der Waals surface area (Å²) in [6.45, 7) is 17.4. The lowest BCUT2D eigenvalue weighted by atomic mass is 10.0. The molecule has 0 saturated heterocycles. The maximum absolute atomic E-state index is 11.6. The number of nitrogens with one attached hydrogen (secondary N) is 1. The Morgan fingerprint density at radius 1 is 1.00 bits per heavy atom. The molecule has 204 valence electrons. The van der Waals surface area contributed by atoms with E-state index >= 15 is 0 Å². The Morgan fingerprint density at radius 3 is 1.97 bits per heavy atom. The van der Waals surface area contributed by atoms with Gasteiger partial charge in [0.2, 0.25) is 0 Å². The van der Waals surface area contributed by atoms with E-state index in [1.165, 1.54) is 42.8 Å². The molecule has 8 nitrogen and oxygen atoms in total. The minimum Gasteiger partial charge on any atom is -0.395 e. The monoisotopic (exact) mass is 506 g/mol. The van der Waals surface area contributed by atoms with E-state index in [4.69, 9.17) is 14.6 Å². The van der Waals surface area contributed by atoms with Crippen molar-refractivity contribution in [1.29, 1.82) is 0 Å². The van der Waals surface area contributed by atoms with Crippen LogP contribution in [0.2, 0.25) is 0 Å². The maximum Gasteiger partial charge on any atom is 0.258 e. The van der Waals surface area contributed by atoms with Gasteiger partial charge in [-0.3, -0.25) is 14.4 Å². The molecule has 1 heterocycles. The number of amides is 3. The molecule has 0 bridgehead atoms. The lowest BCUT2D eigenvalue weighted by Gasteiger charge is -2.27. The van der Waals surface area contributed by atoms with Crippen molar-refractivity contribution >= 4 is 23.4 Å². The summed E-state index contributed by atoms with van der Waals surface area (Å²) >= 11 is 0. The molecule has 8 heteroatoms. The van der Waals surface area contributed by atoms with Crippen molar-refractivity contribution in [2.75, 3.05) is 37.9 Å². The molecular weight excluding hydrogens is 460 g/mol. The molecule has 1 aliphatic rings. The highest BCUT2D eigenvalue weighted by atomic mass is 16.5. The van der Waals surface area contributed by atoms with Crippen LogP contribution in [0.25, 0.3) is 0 Å². The Labute approximate surface area is 217 Å². The van der Waals surface area contributed by atoms with Gasteiger partial charge in [-0.05, 0) is 49.9 Å². The fourth-order valence-corrected chi connectivity index (χ4v) is 2.81. The topological polar surface area (TPSA) is 105 Å². The average Bonchev–Trinajstić information content (AvgIpc) is 3.20. The number of hydrogen-bond donors (Lipinski definition) is 2. The molecule has 0 fully saturated rings. The Hall–Kier alpha value is -2.55. The number of hydrogen-bond acceptors (Lipinski definition) is 6. The van der Waals surface area contributed by atoms with Gasteiger partial charge in [0.25, 0.3) is 17.7 Å². The van der Waals surface area contributed by atoms with Crippen LogP contribution in [0.3, 0.4) is 0 Å². The van der Waals surface area contributed by atoms with Crippen molar-refractivity contribution in [3.05, 3.63) is 42.0 Å². The van der Waals surface area contributed by atoms with Gasteiger partial charge in [0.05, 0.1) is 31.1 Å². The van der Waals surface area contributed by atoms with Gasteiger partial charge in [-0.2, -0.15) is 0 Å². The second kappa shape index (κ2) is 18.7. The summed E-state index contributed by atoms with van der Waals surface area (Å²) in [6, 6.07) is 6.08. The maximum atomic E-state index is 11.6. The first kappa shape index (κ1) is 33.4. The lowest BCUT2D eigenvalue weighted by molar-refractivity contribution is -0.119. The Kier molecular flexibility index (Phi) is 17.4. The number of carbonyl (C=O) groups excluding carboxylic acids is 3. The van der Waals surface area contributed by atoms with Crippen molar-refractivity contribution in [3.63, 3.8) is 0 Å². The number of nitrogens with zero attached hydrogens (tertiary/aromatic N) is 1. The van der Waals surface area contributed by atoms with Crippen LogP contribution in [-0.2, 0) is 19.1 Å². The summed E-state index contributed by atoms with van der Waals surface area (Å²) in [7, 11) is 0. The molecule has 0 aromatic heterocycles. The number of aliphatic hydroxyl groups is 1. The highest BCUT2D eigenvalue weighted by molar-refractivity contribution is 6.28. The number of ether oxygens (including phenoxy) is 2. The Balaban J connectivity index is 0.000000640. The van der Waals surface area contributed by atoms with Crippen LogP contribution < -0.4 is 10.2 Å². The molecule has 0 saturated carbocycles. The zero-order valence-corrected chi connectivity index (χ0v) is 23.1. The van der Waals surface area contributed by atoms with E-state index in [-0.39, 0.29) is 24.7 Å². The lowest BCUT2D eigenvalue weighted by Crippen LogP contribution is -2.30. The molecule has 0 aliphatic carbocycles. The second-order valence-corrected chi connectivity index (χ2v) is 9.05. The molecule has 1 aliphatic heterocycles. The first-order valence-electron chi connectivity index (χ1n) is 12.9. The summed E-state index contributed by atoms with van der Waals surface area (Å²) in [5.74, 6) is -0.513. The van der Waals surface area contributed by atoms with Crippen molar-refractivity contribution in [1.82, 2.24) is 5.32 Å². The van der Waals surface area contributed by atoms with E-state index in [2.05, 4.69) is 53.8 Å². The summed E-state index contributed by atoms with van der Waals surface area (Å²) < 4.78 is 11.2. The first-order chi connectivity index (χ1) is 17.1. The Morgan fingerprint density at radius 2 is 1.53 bits per heavy atom. The smallest absolute Gasteiger partial charge is 0.258 e. The van der Waals surface area contributed by atoms with Gasteiger partial charge < -0.3 is 19.9 Å². The predicted octanol–water partition coefficient (Wildman–Crippen LogP) is 4.51. The van der Waals surface area contributed by atoms with Crippen LogP contribution >= 0.6 is 0 Å². The van der Waals surface area contributed by atoms with Crippen LogP contribution in [0.1, 0.15) is 78.1 Å². The van der Waals surface area contributed by atoms with E-state index in [1.807, 2.05) is 0 Å². The van der Waals surface area contributed by atoms with E-state index in [9.17, 15) is 14.4 Å². The molecule has 1 aromatic rings. The summed E-state index contributed by atoms with van der Waals surface area (Å²) in [5.41, 5.74) is 0.851. The van der Waals surface area contributed by atoms with Crippen molar-refractivity contribution in [3.8, 4) is 0 Å². The van der Waals surface area contributed by atoms with Gasteiger partial charge in [-0.15, -0.1) is 0 Å². The molecule has 36 heavy (non-hydrogen) atoms. The number of carbonyl (C=O) groups is 3. The van der Waals surface area contributed by atoms with Crippen molar-refractivity contribution in [2.24, 2.45) is 5.92 Å². The molecule has 0 unspecified atom stereocenters. The SMILES string of the molecule is CCC.CCC(C)(CC)OCCOCC(C)C.O=C(NCCO)c1ccc(N2C(=O)C=CC2=O)cc1. The van der Waals surface area contributed by atoms with Crippen LogP contribution in [0.4, 0.5) is 5.69 Å². The Bertz CT molecular complexity index is 783. The van der Waals surface area contributed by atoms with Gasteiger partial charge in [-0.1, -0.05) is 48.0 Å². The van der Waals surface area contributed by atoms with Crippen LogP contribution in [-0.4, -0.2) is 61.4 Å². The molecular formula is C28H46N2O6. The van der Waals surface area contributed by atoms with Gasteiger partial charge in [0.1, 0.15) is 0 Å². The van der Waals surface area contributed by atoms with Crippen LogP contribution in [0.15, 0.2) is 36.4 Å². The van der Waals surface area contributed by atoms with Crippen molar-refractivity contribution < 1.29 is 29.0 Å². The van der Waals surface area contributed by atoms with E-state index < -0.39 is 11.8 Å².